The van der Waals surface area contributed by atoms with Crippen LogP contribution in [0.5, 0.6) is 0 Å². The predicted molar refractivity (Wildman–Crippen MR) is 186 cm³/mol. The van der Waals surface area contributed by atoms with Gasteiger partial charge < -0.3 is 61.3 Å². The van der Waals surface area contributed by atoms with Gasteiger partial charge in [0.1, 0.15) is 0 Å². The number of carboxylic acid groups (broad SMARTS) is 12. The number of hydrogen-bond donors (Lipinski definition) is 12. The van der Waals surface area contributed by atoms with E-state index in [1.54, 1.807) is 0 Å². The molecule has 32 heteroatoms. The summed E-state index contributed by atoms with van der Waals surface area (Å²) in [5.74, 6) is -15.1. The average molecular weight is 861 g/mol. The van der Waals surface area contributed by atoms with E-state index in [0.717, 1.165) is 19.6 Å². The van der Waals surface area contributed by atoms with Crippen molar-refractivity contribution in [2.75, 3.05) is 78.5 Å². The van der Waals surface area contributed by atoms with E-state index in [9.17, 15) is 57.5 Å². The second-order valence-corrected chi connectivity index (χ2v) is 9.31. The van der Waals surface area contributed by atoms with Gasteiger partial charge in [-0.25, -0.2) is 0 Å². The molecule has 0 aliphatic heterocycles. The third-order valence-corrected chi connectivity index (χ3v) is 4.31. The Hall–Kier alpha value is -2.52. The fraction of sp³-hybridized carbons (Fsp3) is 0.500. The molecule has 304 valence electrons. The molecule has 0 fully saturated rings. The van der Waals surface area contributed by atoms with Gasteiger partial charge in [-0.05, 0) is 0 Å². The Morgan fingerprint density at radius 3 is 0.286 bits per heavy atom. The molecule has 0 radical (unpaired) electrons. The van der Waals surface area contributed by atoms with Gasteiger partial charge in [-0.2, -0.15) is 0 Å². The van der Waals surface area contributed by atoms with Crippen molar-refractivity contribution in [3.05, 3.63) is 0 Å². The van der Waals surface area contributed by atoms with Gasteiger partial charge in [-0.15, -0.1) is 0 Å². The minimum atomic E-state index is -1.26. The van der Waals surface area contributed by atoms with Crippen molar-refractivity contribution in [3.63, 3.8) is 0 Å². The Morgan fingerprint density at radius 1 is 0.196 bits per heavy atom. The van der Waals surface area contributed by atoms with Crippen molar-refractivity contribution in [2.24, 2.45) is 0 Å². The molecule has 56 heavy (non-hydrogen) atoms. The monoisotopic (exact) mass is 860 g/mol. The van der Waals surface area contributed by atoms with E-state index in [1.807, 2.05) is 0 Å². The first-order chi connectivity index (χ1) is 23.7. The zero-order valence-corrected chi connectivity index (χ0v) is 26.5. The van der Waals surface area contributed by atoms with Gasteiger partial charge in [-0.3, -0.25) is 77.1 Å². The molecule has 12 N–H and O–H groups in total. The van der Waals surface area contributed by atoms with Crippen molar-refractivity contribution >= 4 is 190 Å². The number of carboxylic acids is 12. The van der Waals surface area contributed by atoms with Gasteiger partial charge in [0.05, 0.1) is 78.5 Å². The maximum absolute atomic E-state index is 10.1. The first-order valence-electron chi connectivity index (χ1n) is 13.2. The molecule has 0 aromatic carbocycles. The molecule has 0 unspecified atom stereocenters. The molecule has 0 saturated carbocycles. The minimum absolute atomic E-state index is 0. The van der Waals surface area contributed by atoms with Crippen LogP contribution >= 0.6 is 0 Å². The van der Waals surface area contributed by atoms with Crippen LogP contribution in [-0.4, -0.2) is 349 Å². The molecule has 0 spiro atoms. The Bertz CT molecular complexity index is 961. The van der Waals surface area contributed by atoms with Crippen LogP contribution < -0.4 is 0 Å². The summed E-state index contributed by atoms with van der Waals surface area (Å²) in [7, 11) is 0. The third kappa shape index (κ3) is 63.4. The number of carbonyl (C=O) groups is 12. The summed E-state index contributed by atoms with van der Waals surface area (Å²) in [6.45, 7) is -7.18. The van der Waals surface area contributed by atoms with Crippen molar-refractivity contribution in [1.29, 1.82) is 0 Å². The van der Waals surface area contributed by atoms with Crippen LogP contribution in [0.3, 0.4) is 0 Å². The first kappa shape index (κ1) is 71.2. The first-order valence-corrected chi connectivity index (χ1v) is 13.2. The van der Waals surface area contributed by atoms with Crippen molar-refractivity contribution in [3.8, 4) is 0 Å². The Balaban J connectivity index is -0.0000000893. The van der Waals surface area contributed by atoms with Crippen LogP contribution in [-0.2, 0) is 57.5 Å². The zero-order valence-electron chi connectivity index (χ0n) is 26.5. The van der Waals surface area contributed by atoms with E-state index < -0.39 is 150 Å². The molecule has 0 heterocycles. The normalized spacial score (nSPS) is 9.21. The van der Waals surface area contributed by atoms with E-state index in [2.05, 4.69) is 0 Å². The summed E-state index contributed by atoms with van der Waals surface area (Å²) in [6, 6.07) is 0. The molecule has 0 aliphatic rings. The van der Waals surface area contributed by atoms with E-state index in [0.29, 0.717) is 0 Å². The van der Waals surface area contributed by atoms with Gasteiger partial charge in [0.25, 0.3) is 0 Å². The third-order valence-electron chi connectivity index (χ3n) is 4.31. The summed E-state index contributed by atoms with van der Waals surface area (Å²) in [4.78, 5) is 125. The average Bonchev–Trinajstić information content (AvgIpc) is 2.85. The van der Waals surface area contributed by atoms with Crippen LogP contribution in [0, 0.1) is 0 Å². The van der Waals surface area contributed by atoms with Crippen LogP contribution in [0.15, 0.2) is 0 Å². The summed E-state index contributed by atoms with van der Waals surface area (Å²) < 4.78 is 0. The van der Waals surface area contributed by atoms with E-state index >= 15 is 0 Å². The van der Waals surface area contributed by atoms with Crippen LogP contribution in [0.25, 0.3) is 0 Å². The molecular formula is C24H40N4Na4O24. The molecule has 0 amide bonds. The Morgan fingerprint density at radius 2 is 0.250 bits per heavy atom. The fourth-order valence-corrected chi connectivity index (χ4v) is 2.97. The van der Waals surface area contributed by atoms with Crippen molar-refractivity contribution in [1.82, 2.24) is 19.6 Å². The van der Waals surface area contributed by atoms with E-state index in [-0.39, 0.29) is 118 Å². The van der Waals surface area contributed by atoms with Gasteiger partial charge in [-0.1, -0.05) is 0 Å². The molecule has 0 aromatic rings. The molecule has 0 aromatic heterocycles. The standard InChI is InChI=1S/4C6H9NO6.4Na.4H/c4*8-4(9)1-7(2-5(10)11)3-6(12)13;;;;;;;;/h4*1-3H2,(H,8,9)(H,10,11)(H,12,13);;;;;;;;. The summed E-state index contributed by atoms with van der Waals surface area (Å²) >= 11 is 0. The Labute approximate surface area is 402 Å². The summed E-state index contributed by atoms with van der Waals surface area (Å²) in [6.07, 6.45) is 0. The zero-order chi connectivity index (χ0) is 41.7. The Kier molecular flexibility index (Phi) is 53.5. The van der Waals surface area contributed by atoms with Crippen molar-refractivity contribution in [2.45, 2.75) is 0 Å². The second-order valence-electron chi connectivity index (χ2n) is 9.31. The van der Waals surface area contributed by atoms with Gasteiger partial charge >= 0.3 is 190 Å². The van der Waals surface area contributed by atoms with E-state index in [1.165, 1.54) is 0 Å². The fourth-order valence-electron chi connectivity index (χ4n) is 2.97. The molecule has 0 bridgehead atoms. The molecule has 0 rings (SSSR count). The second kappa shape index (κ2) is 42.1. The van der Waals surface area contributed by atoms with Crippen LogP contribution in [0.1, 0.15) is 0 Å². The van der Waals surface area contributed by atoms with Gasteiger partial charge in [0, 0.05) is 0 Å². The number of rotatable bonds is 24. The van der Waals surface area contributed by atoms with Crippen LogP contribution in [0.4, 0.5) is 0 Å². The molecular weight excluding hydrogens is 820 g/mol. The summed E-state index contributed by atoms with van der Waals surface area (Å²) in [5, 5.41) is 99.4. The van der Waals surface area contributed by atoms with Gasteiger partial charge in [0.2, 0.25) is 0 Å². The van der Waals surface area contributed by atoms with Crippen molar-refractivity contribution < 1.29 is 119 Å². The van der Waals surface area contributed by atoms with Gasteiger partial charge in [0.15, 0.2) is 0 Å². The van der Waals surface area contributed by atoms with E-state index in [4.69, 9.17) is 61.3 Å². The molecule has 0 saturated heterocycles. The van der Waals surface area contributed by atoms with Crippen LogP contribution in [0.2, 0.25) is 0 Å². The molecule has 0 aliphatic carbocycles. The quantitative estimate of drug-likeness (QED) is 0.0401. The SMILES string of the molecule is O=C(O)CN(CC(=O)O)CC(=O)O.O=C(O)CN(CC(=O)O)CC(=O)O.O=C(O)CN(CC(=O)O)CC(=O)O.O=C(O)CN(CC(=O)O)CC(=O)O.[NaH].[NaH].[NaH].[NaH]. The molecule has 28 nitrogen and oxygen atoms in total. The number of hydrogen-bond acceptors (Lipinski definition) is 16. The number of aliphatic carboxylic acids is 12. The predicted octanol–water partition coefficient (Wildman–Crippen LogP) is -8.43. The topological polar surface area (TPSA) is 461 Å². The molecule has 0 atom stereocenters. The maximum atomic E-state index is 10.1. The number of nitrogens with zero attached hydrogens (tertiary/aromatic N) is 4. The summed E-state index contributed by atoms with van der Waals surface area (Å²) in [5.41, 5.74) is 0.